The van der Waals surface area contributed by atoms with Crippen LogP contribution in [-0.2, 0) is 4.79 Å². The summed E-state index contributed by atoms with van der Waals surface area (Å²) in [6, 6.07) is 11.5. The van der Waals surface area contributed by atoms with Crippen molar-refractivity contribution < 1.29 is 4.79 Å². The number of nitrogens with zero attached hydrogens (tertiary/aromatic N) is 4. The van der Waals surface area contributed by atoms with Crippen molar-refractivity contribution >= 4 is 35.0 Å². The molecule has 6 nitrogen and oxygen atoms in total. The van der Waals surface area contributed by atoms with E-state index in [0.29, 0.717) is 15.9 Å². The average Bonchev–Trinajstić information content (AvgIpc) is 3.08. The van der Waals surface area contributed by atoms with E-state index in [2.05, 4.69) is 20.8 Å². The molecule has 0 aliphatic heterocycles. The Balaban J connectivity index is 1.78. The van der Waals surface area contributed by atoms with Gasteiger partial charge in [0.05, 0.1) is 10.9 Å². The highest BCUT2D eigenvalue weighted by Gasteiger charge is 2.20. The number of nitrogens with one attached hydrogen (secondary N) is 1. The minimum absolute atomic E-state index is 0.138. The van der Waals surface area contributed by atoms with E-state index < -0.39 is 5.25 Å². The van der Waals surface area contributed by atoms with E-state index in [-0.39, 0.29) is 5.91 Å². The zero-order valence-corrected chi connectivity index (χ0v) is 17.1. The Hall–Kier alpha value is -2.38. The average molecular weight is 402 g/mol. The summed E-state index contributed by atoms with van der Waals surface area (Å²) in [5, 5.41) is 15.6. The van der Waals surface area contributed by atoms with Gasteiger partial charge < -0.3 is 5.32 Å². The van der Waals surface area contributed by atoms with Gasteiger partial charge in [-0.25, -0.2) is 0 Å². The highest BCUT2D eigenvalue weighted by molar-refractivity contribution is 8.00. The molecule has 27 heavy (non-hydrogen) atoms. The van der Waals surface area contributed by atoms with Crippen molar-refractivity contribution in [3.8, 4) is 5.69 Å². The maximum Gasteiger partial charge on any atom is 0.237 e. The molecule has 140 valence electrons. The Morgan fingerprint density at radius 3 is 2.67 bits per heavy atom. The van der Waals surface area contributed by atoms with Crippen LogP contribution in [0.5, 0.6) is 0 Å². The van der Waals surface area contributed by atoms with E-state index in [1.54, 1.807) is 16.8 Å². The van der Waals surface area contributed by atoms with Crippen LogP contribution < -0.4 is 5.32 Å². The fourth-order valence-corrected chi connectivity index (χ4v) is 3.50. The Morgan fingerprint density at radius 1 is 1.15 bits per heavy atom. The molecule has 0 spiro atoms. The second kappa shape index (κ2) is 8.10. The Labute approximate surface area is 167 Å². The van der Waals surface area contributed by atoms with Gasteiger partial charge in [-0.05, 0) is 73.0 Å². The Bertz CT molecular complexity index is 988. The summed E-state index contributed by atoms with van der Waals surface area (Å²) in [5.74, 6) is -0.138. The van der Waals surface area contributed by atoms with Crippen molar-refractivity contribution in [2.24, 2.45) is 0 Å². The first-order chi connectivity index (χ1) is 12.8. The van der Waals surface area contributed by atoms with Gasteiger partial charge in [-0.15, -0.1) is 5.10 Å². The number of aromatic nitrogens is 4. The maximum absolute atomic E-state index is 12.6. The number of tetrazole rings is 1. The Morgan fingerprint density at radius 2 is 1.89 bits per heavy atom. The molecular formula is C19H20ClN5OS. The summed E-state index contributed by atoms with van der Waals surface area (Å²) in [6.45, 7) is 7.76. The molecule has 0 bridgehead atoms. The van der Waals surface area contributed by atoms with E-state index in [4.69, 9.17) is 11.6 Å². The van der Waals surface area contributed by atoms with E-state index in [1.165, 1.54) is 11.8 Å². The lowest BCUT2D eigenvalue weighted by Gasteiger charge is -2.14. The molecule has 0 unspecified atom stereocenters. The van der Waals surface area contributed by atoms with Crippen molar-refractivity contribution in [2.75, 3.05) is 5.32 Å². The van der Waals surface area contributed by atoms with Gasteiger partial charge in [0.25, 0.3) is 0 Å². The van der Waals surface area contributed by atoms with E-state index in [9.17, 15) is 4.79 Å². The van der Waals surface area contributed by atoms with Crippen LogP contribution in [0.2, 0.25) is 5.02 Å². The number of carbonyl (C=O) groups is 1. The molecule has 1 aromatic heterocycles. The largest absolute Gasteiger partial charge is 0.325 e. The number of hydrogen-bond acceptors (Lipinski definition) is 5. The standard InChI is InChI=1S/C19H20ClN5OS/c1-11-5-6-13(3)17(9-11)25-19(22-23-24-25)27-14(4)18(26)21-16-10-15(20)8-7-12(16)2/h5-10,14H,1-4H3,(H,21,26)/t14-/m1/s1. The molecule has 0 fully saturated rings. The molecule has 0 radical (unpaired) electrons. The molecule has 0 aliphatic rings. The zero-order valence-electron chi connectivity index (χ0n) is 15.5. The lowest BCUT2D eigenvalue weighted by molar-refractivity contribution is -0.115. The van der Waals surface area contributed by atoms with Crippen LogP contribution in [0, 0.1) is 20.8 Å². The first-order valence-electron chi connectivity index (χ1n) is 8.45. The number of hydrogen-bond donors (Lipinski definition) is 1. The van der Waals surface area contributed by atoms with Crippen LogP contribution in [-0.4, -0.2) is 31.4 Å². The van der Waals surface area contributed by atoms with Crippen molar-refractivity contribution in [3.05, 3.63) is 58.1 Å². The third-order valence-electron chi connectivity index (χ3n) is 4.14. The first kappa shape index (κ1) is 19.4. The fourth-order valence-electron chi connectivity index (χ4n) is 2.53. The number of thioether (sulfide) groups is 1. The van der Waals surface area contributed by atoms with Crippen LogP contribution >= 0.6 is 23.4 Å². The zero-order chi connectivity index (χ0) is 19.6. The second-order valence-electron chi connectivity index (χ2n) is 6.37. The Kier molecular flexibility index (Phi) is 5.82. The number of halogens is 1. The third-order valence-corrected chi connectivity index (χ3v) is 5.41. The molecule has 1 N–H and O–H groups in total. The van der Waals surface area contributed by atoms with Crippen LogP contribution in [0.25, 0.3) is 5.69 Å². The fraction of sp³-hybridized carbons (Fsp3) is 0.263. The van der Waals surface area contributed by atoms with Crippen LogP contribution in [0.4, 0.5) is 5.69 Å². The van der Waals surface area contributed by atoms with E-state index >= 15 is 0 Å². The summed E-state index contributed by atoms with van der Waals surface area (Å²) in [4.78, 5) is 12.6. The number of carbonyl (C=O) groups excluding carboxylic acids is 1. The van der Waals surface area contributed by atoms with Crippen LogP contribution in [0.3, 0.4) is 0 Å². The molecule has 3 aromatic rings. The molecule has 1 heterocycles. The predicted molar refractivity (Wildman–Crippen MR) is 109 cm³/mol. The second-order valence-corrected chi connectivity index (χ2v) is 8.12. The smallest absolute Gasteiger partial charge is 0.237 e. The van der Waals surface area contributed by atoms with Gasteiger partial charge in [0.15, 0.2) is 0 Å². The molecule has 0 aliphatic carbocycles. The number of rotatable bonds is 5. The summed E-state index contributed by atoms with van der Waals surface area (Å²) in [7, 11) is 0. The highest BCUT2D eigenvalue weighted by Crippen LogP contribution is 2.27. The van der Waals surface area contributed by atoms with E-state index in [1.807, 2.05) is 52.0 Å². The molecular weight excluding hydrogens is 382 g/mol. The molecule has 0 saturated carbocycles. The molecule has 8 heteroatoms. The van der Waals surface area contributed by atoms with Gasteiger partial charge in [-0.1, -0.05) is 41.6 Å². The highest BCUT2D eigenvalue weighted by atomic mass is 35.5. The van der Waals surface area contributed by atoms with Crippen molar-refractivity contribution in [3.63, 3.8) is 0 Å². The van der Waals surface area contributed by atoms with Crippen LogP contribution in [0.1, 0.15) is 23.6 Å². The normalized spacial score (nSPS) is 12.0. The van der Waals surface area contributed by atoms with Gasteiger partial charge >= 0.3 is 0 Å². The maximum atomic E-state index is 12.6. The van der Waals surface area contributed by atoms with Gasteiger partial charge in [-0.2, -0.15) is 4.68 Å². The summed E-state index contributed by atoms with van der Waals surface area (Å²) in [5.41, 5.74) is 4.73. The number of benzene rings is 2. The van der Waals surface area contributed by atoms with Gasteiger partial charge in [0.1, 0.15) is 0 Å². The van der Waals surface area contributed by atoms with Gasteiger partial charge in [0.2, 0.25) is 11.1 Å². The van der Waals surface area contributed by atoms with E-state index in [0.717, 1.165) is 22.4 Å². The monoisotopic (exact) mass is 401 g/mol. The number of amides is 1. The molecule has 1 amide bonds. The molecule has 1 atom stereocenters. The molecule has 0 saturated heterocycles. The van der Waals surface area contributed by atoms with Gasteiger partial charge in [-0.3, -0.25) is 4.79 Å². The number of aryl methyl sites for hydroxylation is 3. The first-order valence-corrected chi connectivity index (χ1v) is 9.70. The quantitative estimate of drug-likeness (QED) is 0.643. The summed E-state index contributed by atoms with van der Waals surface area (Å²) >= 11 is 7.33. The van der Waals surface area contributed by atoms with Gasteiger partial charge in [0, 0.05) is 10.7 Å². The predicted octanol–water partition coefficient (Wildman–Crippen LogP) is 4.36. The summed E-state index contributed by atoms with van der Waals surface area (Å²) in [6.07, 6.45) is 0. The number of anilines is 1. The lowest BCUT2D eigenvalue weighted by atomic mass is 10.1. The molecule has 3 rings (SSSR count). The lowest BCUT2D eigenvalue weighted by Crippen LogP contribution is -2.23. The minimum Gasteiger partial charge on any atom is -0.325 e. The van der Waals surface area contributed by atoms with Crippen LogP contribution in [0.15, 0.2) is 41.6 Å². The SMILES string of the molecule is Cc1ccc(C)c(-n2nnnc2S[C@H](C)C(=O)Nc2cc(Cl)ccc2C)c1. The minimum atomic E-state index is -0.391. The topological polar surface area (TPSA) is 72.7 Å². The summed E-state index contributed by atoms with van der Waals surface area (Å²) < 4.78 is 1.67. The van der Waals surface area contributed by atoms with Crippen molar-refractivity contribution in [1.29, 1.82) is 0 Å². The molecule has 2 aromatic carbocycles. The van der Waals surface area contributed by atoms with Crippen molar-refractivity contribution in [2.45, 2.75) is 38.1 Å². The third kappa shape index (κ3) is 4.48. The van der Waals surface area contributed by atoms with Crippen molar-refractivity contribution in [1.82, 2.24) is 20.2 Å².